The first-order valence-electron chi connectivity index (χ1n) is 19.8. The highest BCUT2D eigenvalue weighted by Gasteiger charge is 2.38. The molecule has 0 atom stereocenters. The van der Waals surface area contributed by atoms with Crippen LogP contribution in [0.1, 0.15) is 48.9 Å². The van der Waals surface area contributed by atoms with Gasteiger partial charge in [0.05, 0.1) is 0 Å². The molecule has 2 aliphatic carbocycles. The van der Waals surface area contributed by atoms with Crippen molar-refractivity contribution < 1.29 is 0 Å². The van der Waals surface area contributed by atoms with Gasteiger partial charge in [0, 0.05) is 22.5 Å². The van der Waals surface area contributed by atoms with Crippen LogP contribution in [0.4, 0.5) is 17.1 Å². The normalized spacial score (nSPS) is 14.1. The molecule has 8 aromatic rings. The second-order valence-corrected chi connectivity index (χ2v) is 15.7. The van der Waals surface area contributed by atoms with Crippen LogP contribution < -0.4 is 4.90 Å². The van der Waals surface area contributed by atoms with E-state index in [9.17, 15) is 0 Å². The molecule has 56 heavy (non-hydrogen) atoms. The van der Waals surface area contributed by atoms with Crippen molar-refractivity contribution >= 4 is 39.0 Å². The van der Waals surface area contributed by atoms with Crippen LogP contribution in [0.2, 0.25) is 0 Å². The van der Waals surface area contributed by atoms with E-state index in [2.05, 4.69) is 219 Å². The molecule has 268 valence electrons. The molecule has 0 aliphatic heterocycles. The molecule has 8 aromatic carbocycles. The summed E-state index contributed by atoms with van der Waals surface area (Å²) in [5.41, 5.74) is 19.4. The van der Waals surface area contributed by atoms with Gasteiger partial charge in [-0.2, -0.15) is 0 Å². The third-order valence-corrected chi connectivity index (χ3v) is 12.0. The van der Waals surface area contributed by atoms with Gasteiger partial charge in [0.2, 0.25) is 0 Å². The molecule has 0 unspecified atom stereocenters. The summed E-state index contributed by atoms with van der Waals surface area (Å²) in [6.45, 7) is 4.77. The SMILES string of the molecule is CC1(C)c2ccccc2-c2c1cc1ccccc1c2C1=CC=C(c2ccc(N(c3ccc(-c4ccccc4)cc3)c3ccc(-c4ccccc4)cc3)cc2)CC1. The number of hydrogen-bond donors (Lipinski definition) is 0. The predicted molar refractivity (Wildman–Crippen MR) is 239 cm³/mol. The zero-order chi connectivity index (χ0) is 37.6. The Bertz CT molecular complexity index is 2690. The Kier molecular flexibility index (Phi) is 8.37. The Morgan fingerprint density at radius 3 is 1.43 bits per heavy atom. The Balaban J connectivity index is 1.00. The fraction of sp³-hybridized carbons (Fsp3) is 0.0909. The van der Waals surface area contributed by atoms with E-state index in [1.165, 1.54) is 77.6 Å². The molecule has 0 bridgehead atoms. The van der Waals surface area contributed by atoms with E-state index in [1.54, 1.807) is 0 Å². The number of nitrogens with zero attached hydrogens (tertiary/aromatic N) is 1. The molecule has 0 heterocycles. The minimum absolute atomic E-state index is 0.0373. The minimum atomic E-state index is -0.0373. The van der Waals surface area contributed by atoms with Gasteiger partial charge < -0.3 is 4.90 Å². The highest BCUT2D eigenvalue weighted by Crippen LogP contribution is 2.54. The van der Waals surface area contributed by atoms with Gasteiger partial charge in [-0.1, -0.05) is 172 Å². The third kappa shape index (κ3) is 5.88. The molecule has 2 aliphatic rings. The summed E-state index contributed by atoms with van der Waals surface area (Å²) in [7, 11) is 0. The zero-order valence-electron chi connectivity index (χ0n) is 31.9. The highest BCUT2D eigenvalue weighted by atomic mass is 15.1. The fourth-order valence-corrected chi connectivity index (χ4v) is 9.07. The van der Waals surface area contributed by atoms with Gasteiger partial charge in [-0.25, -0.2) is 0 Å². The van der Waals surface area contributed by atoms with Gasteiger partial charge in [0.15, 0.2) is 0 Å². The van der Waals surface area contributed by atoms with Crippen molar-refractivity contribution in [3.8, 4) is 33.4 Å². The average molecular weight is 718 g/mol. The molecular weight excluding hydrogens is 675 g/mol. The Hall–Kier alpha value is -6.70. The number of anilines is 3. The van der Waals surface area contributed by atoms with Crippen molar-refractivity contribution in [2.24, 2.45) is 0 Å². The van der Waals surface area contributed by atoms with E-state index in [-0.39, 0.29) is 5.41 Å². The van der Waals surface area contributed by atoms with Gasteiger partial charge >= 0.3 is 0 Å². The van der Waals surface area contributed by atoms with E-state index >= 15 is 0 Å². The standard InChI is InChI=1S/C55H43N/c1-55(2)51-20-12-11-19-50(51)54-52(55)37-45-17-9-10-18-49(45)53(54)44-23-21-40(22-24-44)43-29-35-48(36-30-43)56(46-31-25-41(26-32-46)38-13-5-3-6-14-38)47-33-27-42(28-34-47)39-15-7-4-8-16-39/h3-21,23,25-37H,22,24H2,1-2H3. The van der Waals surface area contributed by atoms with E-state index in [1.807, 2.05) is 0 Å². The lowest BCUT2D eigenvalue weighted by atomic mass is 9.79. The van der Waals surface area contributed by atoms with Crippen LogP contribution in [0.5, 0.6) is 0 Å². The van der Waals surface area contributed by atoms with Crippen molar-refractivity contribution in [3.05, 3.63) is 222 Å². The summed E-state index contributed by atoms with van der Waals surface area (Å²) in [5, 5.41) is 2.67. The lowest BCUT2D eigenvalue weighted by molar-refractivity contribution is 0.661. The van der Waals surface area contributed by atoms with Crippen LogP contribution in [0.15, 0.2) is 200 Å². The van der Waals surface area contributed by atoms with Crippen molar-refractivity contribution in [3.63, 3.8) is 0 Å². The molecule has 1 heteroatoms. The maximum absolute atomic E-state index is 2.44. The lowest BCUT2D eigenvalue weighted by Crippen LogP contribution is -2.15. The molecule has 0 saturated heterocycles. The van der Waals surface area contributed by atoms with Crippen molar-refractivity contribution in [1.29, 1.82) is 0 Å². The van der Waals surface area contributed by atoms with Crippen LogP contribution in [0.3, 0.4) is 0 Å². The number of fused-ring (bicyclic) bond motifs is 4. The van der Waals surface area contributed by atoms with Gasteiger partial charge in [-0.05, 0) is 133 Å². The number of rotatable bonds is 7. The van der Waals surface area contributed by atoms with Crippen LogP contribution in [0.25, 0.3) is 55.3 Å². The molecule has 0 aromatic heterocycles. The van der Waals surface area contributed by atoms with Crippen LogP contribution in [0, 0.1) is 0 Å². The highest BCUT2D eigenvalue weighted by molar-refractivity contribution is 6.05. The molecular formula is C55H43N. The molecule has 0 N–H and O–H groups in total. The van der Waals surface area contributed by atoms with Gasteiger partial charge in [-0.3, -0.25) is 0 Å². The number of benzene rings is 8. The van der Waals surface area contributed by atoms with E-state index in [0.717, 1.165) is 29.9 Å². The lowest BCUT2D eigenvalue weighted by Gasteiger charge is -2.26. The number of allylic oxidation sites excluding steroid dienone is 4. The van der Waals surface area contributed by atoms with Crippen LogP contribution in [-0.4, -0.2) is 0 Å². The summed E-state index contributed by atoms with van der Waals surface area (Å²) in [6.07, 6.45) is 6.78. The largest absolute Gasteiger partial charge is 0.311 e. The van der Waals surface area contributed by atoms with E-state index < -0.39 is 0 Å². The third-order valence-electron chi connectivity index (χ3n) is 12.0. The van der Waals surface area contributed by atoms with Crippen LogP contribution >= 0.6 is 0 Å². The predicted octanol–water partition coefficient (Wildman–Crippen LogP) is 15.2. The zero-order valence-corrected chi connectivity index (χ0v) is 31.9. The van der Waals surface area contributed by atoms with Gasteiger partial charge in [-0.15, -0.1) is 0 Å². The fourth-order valence-electron chi connectivity index (χ4n) is 9.07. The maximum Gasteiger partial charge on any atom is 0.0462 e. The van der Waals surface area contributed by atoms with E-state index in [4.69, 9.17) is 0 Å². The van der Waals surface area contributed by atoms with Crippen molar-refractivity contribution in [2.45, 2.75) is 32.1 Å². The van der Waals surface area contributed by atoms with Crippen molar-refractivity contribution in [1.82, 2.24) is 0 Å². The second-order valence-electron chi connectivity index (χ2n) is 15.7. The first-order chi connectivity index (χ1) is 27.5. The Labute approximate surface area is 330 Å². The minimum Gasteiger partial charge on any atom is -0.311 e. The second kappa shape index (κ2) is 13.9. The summed E-state index contributed by atoms with van der Waals surface area (Å²) >= 11 is 0. The molecule has 0 radical (unpaired) electrons. The van der Waals surface area contributed by atoms with Crippen LogP contribution in [-0.2, 0) is 5.41 Å². The molecule has 1 nitrogen and oxygen atoms in total. The molecule has 0 saturated carbocycles. The van der Waals surface area contributed by atoms with Crippen molar-refractivity contribution in [2.75, 3.05) is 4.90 Å². The average Bonchev–Trinajstić information content (AvgIpc) is 3.49. The summed E-state index contributed by atoms with van der Waals surface area (Å²) in [6, 6.07) is 68.6. The van der Waals surface area contributed by atoms with Gasteiger partial charge in [0.25, 0.3) is 0 Å². The first kappa shape index (κ1) is 33.8. The number of hydrogen-bond acceptors (Lipinski definition) is 1. The topological polar surface area (TPSA) is 3.24 Å². The monoisotopic (exact) mass is 717 g/mol. The Morgan fingerprint density at radius 2 is 0.857 bits per heavy atom. The summed E-state index contributed by atoms with van der Waals surface area (Å²) < 4.78 is 0. The molecule has 0 amide bonds. The summed E-state index contributed by atoms with van der Waals surface area (Å²) in [5.74, 6) is 0. The quantitative estimate of drug-likeness (QED) is 0.159. The Morgan fingerprint density at radius 1 is 0.393 bits per heavy atom. The first-order valence-corrected chi connectivity index (χ1v) is 19.8. The summed E-state index contributed by atoms with van der Waals surface area (Å²) in [4.78, 5) is 2.36. The smallest absolute Gasteiger partial charge is 0.0462 e. The maximum atomic E-state index is 2.44. The van der Waals surface area contributed by atoms with E-state index in [0.29, 0.717) is 0 Å². The molecule has 10 rings (SSSR count). The molecule has 0 fully saturated rings. The van der Waals surface area contributed by atoms with Gasteiger partial charge in [0.1, 0.15) is 0 Å². The molecule has 0 spiro atoms.